The van der Waals surface area contributed by atoms with Crippen LogP contribution >= 0.6 is 0 Å². The third-order valence-electron chi connectivity index (χ3n) is 4.05. The molecule has 0 spiro atoms. The number of hydrogen-bond donors (Lipinski definition) is 1. The lowest BCUT2D eigenvalue weighted by Crippen LogP contribution is -2.56. The first-order valence-corrected chi connectivity index (χ1v) is 6.72. The molecule has 17 heavy (non-hydrogen) atoms. The van der Waals surface area contributed by atoms with Gasteiger partial charge in [-0.25, -0.2) is 0 Å². The van der Waals surface area contributed by atoms with Gasteiger partial charge in [-0.1, -0.05) is 62.5 Å². The maximum Gasteiger partial charge on any atom is 0.0406 e. The molecule has 2 aliphatic rings. The van der Waals surface area contributed by atoms with Gasteiger partial charge in [-0.3, -0.25) is 5.32 Å². The van der Waals surface area contributed by atoms with Gasteiger partial charge in [0.05, 0.1) is 0 Å². The lowest BCUT2D eigenvalue weighted by atomic mass is 9.81. The van der Waals surface area contributed by atoms with Gasteiger partial charge in [0.15, 0.2) is 0 Å². The molecule has 0 aliphatic heterocycles. The fourth-order valence-corrected chi connectivity index (χ4v) is 2.71. The van der Waals surface area contributed by atoms with Crippen LogP contribution in [0.4, 0.5) is 0 Å². The SMILES string of the molecule is CCC1(NC2(CC)C=CC=CC2)C=CC=CC1. The summed E-state index contributed by atoms with van der Waals surface area (Å²) in [5.41, 5.74) is 0.278. The van der Waals surface area contributed by atoms with Gasteiger partial charge in [-0.05, 0) is 25.7 Å². The smallest absolute Gasteiger partial charge is 0.0406 e. The van der Waals surface area contributed by atoms with Crippen molar-refractivity contribution in [1.29, 1.82) is 0 Å². The fraction of sp³-hybridized carbons (Fsp3) is 0.500. The van der Waals surface area contributed by atoms with E-state index < -0.39 is 0 Å². The Bertz CT molecular complexity index is 339. The summed E-state index contributed by atoms with van der Waals surface area (Å²) in [6.07, 6.45) is 22.3. The lowest BCUT2D eigenvalue weighted by molar-refractivity contribution is 0.269. The monoisotopic (exact) mass is 229 g/mol. The Labute approximate surface area is 105 Å². The molecule has 2 aliphatic carbocycles. The first-order valence-electron chi connectivity index (χ1n) is 6.72. The predicted molar refractivity (Wildman–Crippen MR) is 75.0 cm³/mol. The third-order valence-corrected chi connectivity index (χ3v) is 4.05. The van der Waals surface area contributed by atoms with E-state index in [1.54, 1.807) is 0 Å². The topological polar surface area (TPSA) is 12.0 Å². The molecule has 0 saturated heterocycles. The van der Waals surface area contributed by atoms with E-state index >= 15 is 0 Å². The summed E-state index contributed by atoms with van der Waals surface area (Å²) in [6.45, 7) is 4.53. The number of rotatable bonds is 4. The van der Waals surface area contributed by atoms with Crippen molar-refractivity contribution in [2.24, 2.45) is 0 Å². The van der Waals surface area contributed by atoms with E-state index in [4.69, 9.17) is 0 Å². The summed E-state index contributed by atoms with van der Waals surface area (Å²) in [7, 11) is 0. The molecule has 0 heterocycles. The normalized spacial score (nSPS) is 35.4. The Hall–Kier alpha value is -1.08. The van der Waals surface area contributed by atoms with Crippen LogP contribution in [0.2, 0.25) is 0 Å². The maximum absolute atomic E-state index is 3.91. The summed E-state index contributed by atoms with van der Waals surface area (Å²) in [4.78, 5) is 0. The first-order chi connectivity index (χ1) is 8.24. The van der Waals surface area contributed by atoms with Crippen molar-refractivity contribution in [2.75, 3.05) is 0 Å². The molecule has 0 aromatic heterocycles. The summed E-state index contributed by atoms with van der Waals surface area (Å²) in [5, 5.41) is 3.91. The maximum atomic E-state index is 3.91. The summed E-state index contributed by atoms with van der Waals surface area (Å²) >= 11 is 0. The molecule has 2 atom stereocenters. The van der Waals surface area contributed by atoms with Crippen molar-refractivity contribution in [3.8, 4) is 0 Å². The van der Waals surface area contributed by atoms with Gasteiger partial charge in [0.25, 0.3) is 0 Å². The van der Waals surface area contributed by atoms with E-state index in [9.17, 15) is 0 Å². The van der Waals surface area contributed by atoms with E-state index in [1.165, 1.54) is 0 Å². The minimum Gasteiger partial charge on any atom is -0.298 e. The van der Waals surface area contributed by atoms with Crippen molar-refractivity contribution in [3.63, 3.8) is 0 Å². The predicted octanol–water partition coefficient (Wildman–Crippen LogP) is 3.91. The second-order valence-electron chi connectivity index (χ2n) is 5.13. The van der Waals surface area contributed by atoms with Gasteiger partial charge in [-0.2, -0.15) is 0 Å². The molecule has 0 aromatic rings. The Morgan fingerprint density at radius 2 is 1.29 bits per heavy atom. The zero-order valence-electron chi connectivity index (χ0n) is 10.9. The number of allylic oxidation sites excluding steroid dienone is 4. The van der Waals surface area contributed by atoms with Gasteiger partial charge < -0.3 is 0 Å². The van der Waals surface area contributed by atoms with Gasteiger partial charge >= 0.3 is 0 Å². The van der Waals surface area contributed by atoms with Crippen molar-refractivity contribution >= 4 is 0 Å². The van der Waals surface area contributed by atoms with Gasteiger partial charge in [0.1, 0.15) is 0 Å². The van der Waals surface area contributed by atoms with E-state index in [2.05, 4.69) is 67.8 Å². The molecule has 0 aromatic carbocycles. The largest absolute Gasteiger partial charge is 0.298 e. The van der Waals surface area contributed by atoms with Crippen LogP contribution in [0.25, 0.3) is 0 Å². The molecule has 0 fully saturated rings. The first kappa shape index (κ1) is 12.4. The van der Waals surface area contributed by atoms with Crippen molar-refractivity contribution < 1.29 is 0 Å². The molecule has 2 unspecified atom stereocenters. The van der Waals surface area contributed by atoms with Crippen LogP contribution in [0, 0.1) is 0 Å². The molecule has 1 heteroatoms. The number of hydrogen-bond acceptors (Lipinski definition) is 1. The standard InChI is InChI=1S/C16H23N/c1-3-15(11-7-5-8-12-15)17-16(4-2)13-9-6-10-14-16/h5-11,13,17H,3-4,12,14H2,1-2H3. The number of nitrogens with one attached hydrogen (secondary N) is 1. The Morgan fingerprint density at radius 1 is 0.824 bits per heavy atom. The van der Waals surface area contributed by atoms with Crippen LogP contribution in [0.5, 0.6) is 0 Å². The molecule has 92 valence electrons. The van der Waals surface area contributed by atoms with E-state index in [1.807, 2.05) is 0 Å². The van der Waals surface area contributed by atoms with Gasteiger partial charge in [0, 0.05) is 11.1 Å². The van der Waals surface area contributed by atoms with Crippen LogP contribution in [0.1, 0.15) is 39.5 Å². The molecular formula is C16H23N. The zero-order chi connectivity index (χ0) is 12.2. The van der Waals surface area contributed by atoms with Crippen LogP contribution in [-0.4, -0.2) is 11.1 Å². The van der Waals surface area contributed by atoms with Crippen LogP contribution in [0.3, 0.4) is 0 Å². The highest BCUT2D eigenvalue weighted by Crippen LogP contribution is 2.30. The highest BCUT2D eigenvalue weighted by molar-refractivity contribution is 5.27. The van der Waals surface area contributed by atoms with Crippen LogP contribution < -0.4 is 5.32 Å². The highest BCUT2D eigenvalue weighted by atomic mass is 15.0. The van der Waals surface area contributed by atoms with Gasteiger partial charge in [0.2, 0.25) is 0 Å². The molecule has 1 N–H and O–H groups in total. The molecular weight excluding hydrogens is 206 g/mol. The summed E-state index contributed by atoms with van der Waals surface area (Å²) < 4.78 is 0. The Balaban J connectivity index is 2.17. The molecule has 0 bridgehead atoms. The van der Waals surface area contributed by atoms with E-state index in [-0.39, 0.29) is 11.1 Å². The fourth-order valence-electron chi connectivity index (χ4n) is 2.71. The van der Waals surface area contributed by atoms with E-state index in [0.717, 1.165) is 25.7 Å². The van der Waals surface area contributed by atoms with E-state index in [0.29, 0.717) is 0 Å². The minimum absolute atomic E-state index is 0.139. The highest BCUT2D eigenvalue weighted by Gasteiger charge is 2.34. The molecule has 1 nitrogen and oxygen atoms in total. The van der Waals surface area contributed by atoms with Crippen molar-refractivity contribution in [1.82, 2.24) is 5.32 Å². The average Bonchev–Trinajstić information content (AvgIpc) is 2.41. The van der Waals surface area contributed by atoms with Crippen LogP contribution in [-0.2, 0) is 0 Å². The minimum atomic E-state index is 0.139. The molecule has 0 saturated carbocycles. The van der Waals surface area contributed by atoms with Crippen molar-refractivity contribution in [3.05, 3.63) is 48.6 Å². The van der Waals surface area contributed by atoms with Gasteiger partial charge in [-0.15, -0.1) is 0 Å². The summed E-state index contributed by atoms with van der Waals surface area (Å²) in [6, 6.07) is 0. The third kappa shape index (κ3) is 2.61. The Morgan fingerprint density at radius 3 is 1.59 bits per heavy atom. The quantitative estimate of drug-likeness (QED) is 0.770. The van der Waals surface area contributed by atoms with Crippen LogP contribution in [0.15, 0.2) is 48.6 Å². The molecule has 0 amide bonds. The molecule has 0 radical (unpaired) electrons. The lowest BCUT2D eigenvalue weighted by Gasteiger charge is -2.43. The summed E-state index contributed by atoms with van der Waals surface area (Å²) in [5.74, 6) is 0. The Kier molecular flexibility index (Phi) is 3.68. The zero-order valence-corrected chi connectivity index (χ0v) is 10.9. The van der Waals surface area contributed by atoms with Crippen molar-refractivity contribution in [2.45, 2.75) is 50.6 Å². The average molecular weight is 229 g/mol. The second-order valence-corrected chi connectivity index (χ2v) is 5.13. The second kappa shape index (κ2) is 5.05. The molecule has 2 rings (SSSR count).